The fourth-order valence-electron chi connectivity index (χ4n) is 1.71. The maximum Gasteiger partial charge on any atom is 1.00 e. The first-order chi connectivity index (χ1) is 6.81. The Morgan fingerprint density at radius 1 is 1.00 bits per heavy atom. The van der Waals surface area contributed by atoms with Crippen molar-refractivity contribution in [3.63, 3.8) is 0 Å². The molecule has 1 heteroatoms. The van der Waals surface area contributed by atoms with Gasteiger partial charge in [0.1, 0.15) is 0 Å². The molecule has 0 atom stereocenters. The Morgan fingerprint density at radius 2 is 1.53 bits per heavy atom. The van der Waals surface area contributed by atoms with Crippen molar-refractivity contribution in [2.45, 2.75) is 71.6 Å². The summed E-state index contributed by atoms with van der Waals surface area (Å²) in [7, 11) is 0. The van der Waals surface area contributed by atoms with E-state index in [-0.39, 0.29) is 18.9 Å². The standard InChI is InChI=1S/C14H27.Li/c1-4-6-7-8-9-10-11-13-14(3)12-5-2;/h12H,2,4-11,13H2,1,3H3;/q-1;+1/b14-12+;. The molecule has 0 aliphatic carbocycles. The molecule has 0 N–H and O–H groups in total. The number of rotatable bonds is 9. The molecule has 0 saturated heterocycles. The van der Waals surface area contributed by atoms with Gasteiger partial charge in [0.2, 0.25) is 0 Å². The van der Waals surface area contributed by atoms with Crippen LogP contribution in [0, 0.1) is 6.92 Å². The van der Waals surface area contributed by atoms with E-state index < -0.39 is 0 Å². The molecule has 0 rings (SSSR count). The van der Waals surface area contributed by atoms with E-state index in [0.717, 1.165) is 6.42 Å². The molecule has 0 fully saturated rings. The minimum atomic E-state index is 0. The van der Waals surface area contributed by atoms with Gasteiger partial charge in [-0.1, -0.05) is 51.0 Å². The smallest absolute Gasteiger partial charge is 0.340 e. The normalized spacial score (nSPS) is 11.3. The van der Waals surface area contributed by atoms with E-state index in [1.165, 1.54) is 56.9 Å². The van der Waals surface area contributed by atoms with Crippen molar-refractivity contribution >= 4 is 0 Å². The van der Waals surface area contributed by atoms with Gasteiger partial charge < -0.3 is 6.92 Å². The average molecular weight is 202 g/mol. The summed E-state index contributed by atoms with van der Waals surface area (Å²) in [5, 5.41) is 0. The first-order valence-corrected chi connectivity index (χ1v) is 6.26. The molecule has 84 valence electrons. The molecule has 0 saturated carbocycles. The Kier molecular flexibility index (Phi) is 16.9. The van der Waals surface area contributed by atoms with E-state index >= 15 is 0 Å². The molecule has 0 nitrogen and oxygen atoms in total. The van der Waals surface area contributed by atoms with Gasteiger partial charge in [-0.2, -0.15) is 6.42 Å². The molecule has 0 radical (unpaired) electrons. The van der Waals surface area contributed by atoms with E-state index in [1.807, 2.05) is 0 Å². The maximum absolute atomic E-state index is 3.83. The van der Waals surface area contributed by atoms with Gasteiger partial charge in [0.05, 0.1) is 0 Å². The molecule has 0 aromatic heterocycles. The molecule has 0 aliphatic rings. The van der Waals surface area contributed by atoms with E-state index in [0.29, 0.717) is 0 Å². The predicted octanol–water partition coefficient (Wildman–Crippen LogP) is 2.30. The van der Waals surface area contributed by atoms with E-state index in [1.54, 1.807) is 0 Å². The second-order valence-electron chi connectivity index (χ2n) is 4.21. The average Bonchev–Trinajstić information content (AvgIpc) is 2.17. The quantitative estimate of drug-likeness (QED) is 0.233. The fraction of sp³-hybridized carbons (Fsp3) is 0.786. The summed E-state index contributed by atoms with van der Waals surface area (Å²) in [5.74, 6) is 0. The van der Waals surface area contributed by atoms with Crippen molar-refractivity contribution in [1.29, 1.82) is 0 Å². The summed E-state index contributed by atoms with van der Waals surface area (Å²) < 4.78 is 0. The van der Waals surface area contributed by atoms with Gasteiger partial charge in [0.25, 0.3) is 0 Å². The zero-order valence-corrected chi connectivity index (χ0v) is 11.1. The minimum absolute atomic E-state index is 0. The number of hydrogen-bond donors (Lipinski definition) is 0. The first kappa shape index (κ1) is 17.7. The Morgan fingerprint density at radius 3 is 2.07 bits per heavy atom. The van der Waals surface area contributed by atoms with Gasteiger partial charge in [-0.3, -0.25) is 0 Å². The summed E-state index contributed by atoms with van der Waals surface area (Å²) in [6.07, 6.45) is 14.3. The number of unbranched alkanes of at least 4 members (excludes halogenated alkanes) is 6. The third kappa shape index (κ3) is 14.3. The van der Waals surface area contributed by atoms with Crippen LogP contribution in [0.4, 0.5) is 0 Å². The van der Waals surface area contributed by atoms with Crippen LogP contribution in [0.2, 0.25) is 0 Å². The van der Waals surface area contributed by atoms with Crippen LogP contribution in [0.25, 0.3) is 0 Å². The molecule has 0 aromatic carbocycles. The van der Waals surface area contributed by atoms with Gasteiger partial charge in [-0.05, 0) is 19.8 Å². The van der Waals surface area contributed by atoms with Crippen molar-refractivity contribution in [3.05, 3.63) is 18.6 Å². The van der Waals surface area contributed by atoms with Crippen molar-refractivity contribution in [2.75, 3.05) is 0 Å². The monoisotopic (exact) mass is 202 g/mol. The van der Waals surface area contributed by atoms with Crippen LogP contribution in [0.1, 0.15) is 71.6 Å². The van der Waals surface area contributed by atoms with Gasteiger partial charge in [0.15, 0.2) is 0 Å². The van der Waals surface area contributed by atoms with E-state index in [2.05, 4.69) is 26.8 Å². The summed E-state index contributed by atoms with van der Waals surface area (Å²) in [5.41, 5.74) is 1.52. The van der Waals surface area contributed by atoms with Crippen LogP contribution in [0.5, 0.6) is 0 Å². The Balaban J connectivity index is 0. The van der Waals surface area contributed by atoms with Crippen molar-refractivity contribution in [2.24, 2.45) is 0 Å². The van der Waals surface area contributed by atoms with Crippen molar-refractivity contribution in [3.8, 4) is 0 Å². The SMILES string of the molecule is [CH2-]C/C=C(\C)CCCCCCCCC.[Li+]. The van der Waals surface area contributed by atoms with Gasteiger partial charge in [0, 0.05) is 0 Å². The number of hydrogen-bond acceptors (Lipinski definition) is 0. The van der Waals surface area contributed by atoms with Gasteiger partial charge in [-0.15, -0.1) is 6.08 Å². The molecule has 0 amide bonds. The minimum Gasteiger partial charge on any atom is -0.340 e. The molecule has 0 spiro atoms. The van der Waals surface area contributed by atoms with Crippen LogP contribution >= 0.6 is 0 Å². The molecule has 0 unspecified atom stereocenters. The van der Waals surface area contributed by atoms with Crippen molar-refractivity contribution in [1.82, 2.24) is 0 Å². The largest absolute Gasteiger partial charge is 1.00 e. The third-order valence-corrected chi connectivity index (χ3v) is 2.67. The Labute approximate surface area is 109 Å². The van der Waals surface area contributed by atoms with Crippen molar-refractivity contribution < 1.29 is 18.9 Å². The van der Waals surface area contributed by atoms with Gasteiger partial charge in [-0.25, -0.2) is 0 Å². The molecule has 0 bridgehead atoms. The third-order valence-electron chi connectivity index (χ3n) is 2.67. The zero-order chi connectivity index (χ0) is 10.6. The number of allylic oxidation sites excluding steroid dienone is 2. The van der Waals surface area contributed by atoms with Gasteiger partial charge >= 0.3 is 18.9 Å². The predicted molar refractivity (Wildman–Crippen MR) is 66.3 cm³/mol. The summed E-state index contributed by atoms with van der Waals surface area (Å²) >= 11 is 0. The van der Waals surface area contributed by atoms with Crippen LogP contribution in [-0.2, 0) is 0 Å². The van der Waals surface area contributed by atoms with Crippen LogP contribution in [0.15, 0.2) is 11.6 Å². The fourth-order valence-corrected chi connectivity index (χ4v) is 1.71. The molecule has 0 heterocycles. The molecular formula is C14H27Li. The van der Waals surface area contributed by atoms with Crippen LogP contribution in [-0.4, -0.2) is 0 Å². The zero-order valence-electron chi connectivity index (χ0n) is 11.1. The maximum atomic E-state index is 3.83. The first-order valence-electron chi connectivity index (χ1n) is 6.26. The summed E-state index contributed by atoms with van der Waals surface area (Å²) in [4.78, 5) is 0. The second-order valence-corrected chi connectivity index (χ2v) is 4.21. The topological polar surface area (TPSA) is 0 Å². The Bertz CT molecular complexity index is 138. The summed E-state index contributed by atoms with van der Waals surface area (Å²) in [6, 6.07) is 0. The van der Waals surface area contributed by atoms with E-state index in [9.17, 15) is 0 Å². The second kappa shape index (κ2) is 14.3. The molecule has 15 heavy (non-hydrogen) atoms. The summed E-state index contributed by atoms with van der Waals surface area (Å²) in [6.45, 7) is 8.32. The molecule has 0 aliphatic heterocycles. The van der Waals surface area contributed by atoms with Crippen LogP contribution in [0.3, 0.4) is 0 Å². The Hall–Kier alpha value is 0.337. The molecule has 0 aromatic rings. The van der Waals surface area contributed by atoms with E-state index in [4.69, 9.17) is 0 Å². The van der Waals surface area contributed by atoms with Crippen LogP contribution < -0.4 is 18.9 Å². The molecular weight excluding hydrogens is 175 g/mol.